The van der Waals surface area contributed by atoms with Gasteiger partial charge in [0.25, 0.3) is 0 Å². The third kappa shape index (κ3) is 5.56. The van der Waals surface area contributed by atoms with Gasteiger partial charge in [-0.05, 0) is 18.4 Å². The Morgan fingerprint density at radius 3 is 2.50 bits per heavy atom. The molecule has 3 rings (SSSR count). The number of carbonyl (C=O) groups is 2. The van der Waals surface area contributed by atoms with Crippen molar-refractivity contribution in [1.82, 2.24) is 15.5 Å². The predicted molar refractivity (Wildman–Crippen MR) is 102 cm³/mol. The van der Waals surface area contributed by atoms with E-state index in [0.717, 1.165) is 12.1 Å². The first-order chi connectivity index (χ1) is 12.7. The molecular weight excluding hydrogens is 326 g/mol. The molecule has 1 aromatic carbocycles. The maximum absolute atomic E-state index is 12.4. The topological polar surface area (TPSA) is 61.4 Å². The zero-order valence-corrected chi connectivity index (χ0v) is 15.6. The van der Waals surface area contributed by atoms with Crippen molar-refractivity contribution in [3.8, 4) is 0 Å². The SMILES string of the molecule is O=C(NCCNC1CCCCCC1)C1CC(=O)N(Cc2ccccc2)C1. The van der Waals surface area contributed by atoms with Crippen LogP contribution in [0.3, 0.4) is 0 Å². The third-order valence-electron chi connectivity index (χ3n) is 5.51. The van der Waals surface area contributed by atoms with E-state index in [4.69, 9.17) is 0 Å². The number of hydrogen-bond donors (Lipinski definition) is 2. The van der Waals surface area contributed by atoms with E-state index >= 15 is 0 Å². The molecule has 2 aliphatic rings. The number of likely N-dealkylation sites (tertiary alicyclic amines) is 1. The minimum Gasteiger partial charge on any atom is -0.355 e. The first kappa shape index (κ1) is 18.9. The van der Waals surface area contributed by atoms with Crippen molar-refractivity contribution in [2.75, 3.05) is 19.6 Å². The zero-order chi connectivity index (χ0) is 18.2. The van der Waals surface area contributed by atoms with Gasteiger partial charge in [-0.2, -0.15) is 0 Å². The summed E-state index contributed by atoms with van der Waals surface area (Å²) < 4.78 is 0. The number of hydrogen-bond acceptors (Lipinski definition) is 3. The van der Waals surface area contributed by atoms with Crippen LogP contribution in [0.4, 0.5) is 0 Å². The highest BCUT2D eigenvalue weighted by Gasteiger charge is 2.33. The molecule has 0 radical (unpaired) electrons. The summed E-state index contributed by atoms with van der Waals surface area (Å²) in [7, 11) is 0. The Hall–Kier alpha value is -1.88. The summed E-state index contributed by atoms with van der Waals surface area (Å²) in [6.07, 6.45) is 8.15. The molecule has 1 aromatic rings. The summed E-state index contributed by atoms with van der Waals surface area (Å²) in [5.74, 6) is -0.133. The van der Waals surface area contributed by atoms with Gasteiger partial charge in [0.1, 0.15) is 0 Å². The van der Waals surface area contributed by atoms with Crippen molar-refractivity contribution in [2.45, 2.75) is 57.5 Å². The van der Waals surface area contributed by atoms with Gasteiger partial charge < -0.3 is 15.5 Å². The molecule has 5 nitrogen and oxygen atoms in total. The number of carbonyl (C=O) groups excluding carboxylic acids is 2. The lowest BCUT2D eigenvalue weighted by Gasteiger charge is -2.18. The molecule has 2 fully saturated rings. The van der Waals surface area contributed by atoms with Crippen LogP contribution in [0.15, 0.2) is 30.3 Å². The van der Waals surface area contributed by atoms with Gasteiger partial charge in [-0.25, -0.2) is 0 Å². The molecule has 26 heavy (non-hydrogen) atoms. The van der Waals surface area contributed by atoms with Crippen LogP contribution >= 0.6 is 0 Å². The minimum atomic E-state index is -0.218. The third-order valence-corrected chi connectivity index (χ3v) is 5.51. The molecule has 1 atom stereocenters. The van der Waals surface area contributed by atoms with E-state index in [9.17, 15) is 9.59 Å². The van der Waals surface area contributed by atoms with Gasteiger partial charge in [0.2, 0.25) is 11.8 Å². The number of amides is 2. The van der Waals surface area contributed by atoms with Gasteiger partial charge in [-0.1, -0.05) is 56.0 Å². The lowest BCUT2D eigenvalue weighted by molar-refractivity contribution is -0.129. The second-order valence-corrected chi connectivity index (χ2v) is 7.59. The van der Waals surface area contributed by atoms with Gasteiger partial charge in [0.15, 0.2) is 0 Å². The fourth-order valence-electron chi connectivity index (χ4n) is 3.99. The molecule has 0 spiro atoms. The Balaban J connectivity index is 1.36. The van der Waals surface area contributed by atoms with Crippen LogP contribution in [0.2, 0.25) is 0 Å². The van der Waals surface area contributed by atoms with E-state index in [1.807, 2.05) is 30.3 Å². The van der Waals surface area contributed by atoms with Crippen LogP contribution in [-0.2, 0) is 16.1 Å². The first-order valence-electron chi connectivity index (χ1n) is 10.0. The standard InChI is InChI=1S/C21H31N3O2/c25-20-14-18(16-24(20)15-17-8-4-3-5-9-17)21(26)23-13-12-22-19-10-6-1-2-7-11-19/h3-5,8-9,18-19,22H,1-2,6-7,10-16H2,(H,23,26). The van der Waals surface area contributed by atoms with Crippen molar-refractivity contribution < 1.29 is 9.59 Å². The van der Waals surface area contributed by atoms with Gasteiger partial charge in [-0.15, -0.1) is 0 Å². The first-order valence-corrected chi connectivity index (χ1v) is 10.0. The molecule has 1 aliphatic carbocycles. The maximum Gasteiger partial charge on any atom is 0.225 e. The lowest BCUT2D eigenvalue weighted by Crippen LogP contribution is -2.39. The Morgan fingerprint density at radius 2 is 1.77 bits per heavy atom. The fraction of sp³-hybridized carbons (Fsp3) is 0.619. The van der Waals surface area contributed by atoms with Crippen LogP contribution in [0.1, 0.15) is 50.5 Å². The second-order valence-electron chi connectivity index (χ2n) is 7.59. The van der Waals surface area contributed by atoms with Crippen molar-refractivity contribution in [3.05, 3.63) is 35.9 Å². The summed E-state index contributed by atoms with van der Waals surface area (Å²) in [6, 6.07) is 10.5. The zero-order valence-electron chi connectivity index (χ0n) is 15.6. The van der Waals surface area contributed by atoms with E-state index in [-0.39, 0.29) is 17.7 Å². The summed E-state index contributed by atoms with van der Waals surface area (Å²) in [4.78, 5) is 26.4. The summed E-state index contributed by atoms with van der Waals surface area (Å²) in [5, 5.41) is 6.57. The smallest absolute Gasteiger partial charge is 0.225 e. The van der Waals surface area contributed by atoms with E-state index in [1.165, 1.54) is 38.5 Å². The molecule has 1 aliphatic heterocycles. The number of benzene rings is 1. The van der Waals surface area contributed by atoms with Crippen LogP contribution in [0, 0.1) is 5.92 Å². The van der Waals surface area contributed by atoms with Crippen molar-refractivity contribution in [1.29, 1.82) is 0 Å². The largest absolute Gasteiger partial charge is 0.355 e. The fourth-order valence-corrected chi connectivity index (χ4v) is 3.99. The highest BCUT2D eigenvalue weighted by Crippen LogP contribution is 2.20. The highest BCUT2D eigenvalue weighted by molar-refractivity contribution is 5.89. The average molecular weight is 357 g/mol. The molecule has 1 saturated heterocycles. The molecule has 2 amide bonds. The maximum atomic E-state index is 12.4. The number of rotatable bonds is 7. The van der Waals surface area contributed by atoms with Gasteiger partial charge in [0.05, 0.1) is 5.92 Å². The molecule has 1 unspecified atom stereocenters. The molecule has 0 aromatic heterocycles. The molecule has 142 valence electrons. The van der Waals surface area contributed by atoms with Crippen molar-refractivity contribution in [2.24, 2.45) is 5.92 Å². The van der Waals surface area contributed by atoms with Gasteiger partial charge in [0, 0.05) is 38.6 Å². The highest BCUT2D eigenvalue weighted by atomic mass is 16.2. The number of nitrogens with one attached hydrogen (secondary N) is 2. The number of nitrogens with zero attached hydrogens (tertiary/aromatic N) is 1. The van der Waals surface area contributed by atoms with E-state index in [1.54, 1.807) is 4.90 Å². The predicted octanol–water partition coefficient (Wildman–Crippen LogP) is 2.46. The summed E-state index contributed by atoms with van der Waals surface area (Å²) >= 11 is 0. The van der Waals surface area contributed by atoms with Gasteiger partial charge >= 0.3 is 0 Å². The second kappa shape index (κ2) is 9.72. The van der Waals surface area contributed by atoms with Crippen LogP contribution in [0.25, 0.3) is 0 Å². The molecular formula is C21H31N3O2. The Labute approximate surface area is 156 Å². The molecule has 0 bridgehead atoms. The van der Waals surface area contributed by atoms with Crippen LogP contribution in [-0.4, -0.2) is 42.4 Å². The van der Waals surface area contributed by atoms with Crippen molar-refractivity contribution >= 4 is 11.8 Å². The Morgan fingerprint density at radius 1 is 1.04 bits per heavy atom. The monoisotopic (exact) mass is 357 g/mol. The Bertz CT molecular complexity index is 582. The average Bonchev–Trinajstić information content (AvgIpc) is 2.85. The van der Waals surface area contributed by atoms with E-state index in [0.29, 0.717) is 32.1 Å². The quantitative estimate of drug-likeness (QED) is 0.582. The Kier molecular flexibility index (Phi) is 7.06. The molecule has 1 heterocycles. The molecule has 1 saturated carbocycles. The van der Waals surface area contributed by atoms with Crippen LogP contribution < -0.4 is 10.6 Å². The van der Waals surface area contributed by atoms with Crippen LogP contribution in [0.5, 0.6) is 0 Å². The van der Waals surface area contributed by atoms with Gasteiger partial charge in [-0.3, -0.25) is 9.59 Å². The van der Waals surface area contributed by atoms with E-state index < -0.39 is 0 Å². The summed E-state index contributed by atoms with van der Waals surface area (Å²) in [6.45, 7) is 2.56. The lowest BCUT2D eigenvalue weighted by atomic mass is 10.1. The van der Waals surface area contributed by atoms with Crippen molar-refractivity contribution in [3.63, 3.8) is 0 Å². The van der Waals surface area contributed by atoms with E-state index in [2.05, 4.69) is 10.6 Å². The summed E-state index contributed by atoms with van der Waals surface area (Å²) in [5.41, 5.74) is 1.11. The molecule has 2 N–H and O–H groups in total. The molecule has 5 heteroatoms. The minimum absolute atomic E-state index is 0.0107. The normalized spacial score (nSPS) is 21.6.